The lowest BCUT2D eigenvalue weighted by Gasteiger charge is -2.38. The number of allylic oxidation sites excluding steroid dienone is 2. The number of aliphatic hydroxyl groups is 2. The number of fused-ring (bicyclic) bond motifs is 14. The first-order chi connectivity index (χ1) is 27.7. The van der Waals surface area contributed by atoms with Crippen molar-refractivity contribution in [2.24, 2.45) is 28.8 Å². The van der Waals surface area contributed by atoms with Gasteiger partial charge < -0.3 is 59.4 Å². The van der Waals surface area contributed by atoms with Crippen molar-refractivity contribution in [2.45, 2.75) is 105 Å². The molecule has 0 aromatic heterocycles. The summed E-state index contributed by atoms with van der Waals surface area (Å²) >= 11 is 0. The van der Waals surface area contributed by atoms with E-state index in [0.29, 0.717) is 6.42 Å². The Balaban J connectivity index is 1.95. The summed E-state index contributed by atoms with van der Waals surface area (Å²) in [5.41, 5.74) is -0.670. The van der Waals surface area contributed by atoms with Crippen LogP contribution in [0.5, 0.6) is 23.0 Å². The first-order valence-electron chi connectivity index (χ1n) is 19.5. The number of ether oxygens (including phenoxy) is 5. The highest BCUT2D eigenvalue weighted by molar-refractivity contribution is 6.23. The second-order valence-electron chi connectivity index (χ2n) is 15.5. The molecule has 3 heterocycles. The number of aromatic hydroxyl groups is 3. The molecule has 6 N–H and O–H groups in total. The average Bonchev–Trinajstić information content (AvgIpc) is 3.46. The van der Waals surface area contributed by atoms with Crippen molar-refractivity contribution in [1.29, 1.82) is 0 Å². The van der Waals surface area contributed by atoms with Crippen molar-refractivity contribution in [3.8, 4) is 23.0 Å². The van der Waals surface area contributed by atoms with Gasteiger partial charge in [-0.25, -0.2) is 0 Å². The van der Waals surface area contributed by atoms with E-state index in [0.717, 1.165) is 6.21 Å². The van der Waals surface area contributed by atoms with Crippen molar-refractivity contribution < 1.29 is 68.4 Å². The van der Waals surface area contributed by atoms with Gasteiger partial charge in [0, 0.05) is 74.7 Å². The zero-order valence-corrected chi connectivity index (χ0v) is 35.4. The normalized spacial score (nSPS) is 30.6. The number of carbonyl (C=O) groups is 3. The number of benzene rings is 2. The van der Waals surface area contributed by atoms with Gasteiger partial charge in [0.05, 0.1) is 59.1 Å². The number of nitrogens with zero attached hydrogens (tertiary/aromatic N) is 1. The molecule has 0 fully saturated rings. The van der Waals surface area contributed by atoms with E-state index in [2.05, 4.69) is 10.5 Å². The molecular formula is C43H58N2O14. The van der Waals surface area contributed by atoms with E-state index < -0.39 is 88.8 Å². The number of Topliss-reactive ketones (excluding diaryl/α,β-unsaturated/α-hetero) is 1. The highest BCUT2D eigenvalue weighted by Gasteiger charge is 2.50. The summed E-state index contributed by atoms with van der Waals surface area (Å²) in [5.74, 6) is -8.73. The minimum atomic E-state index is -2.07. The first kappa shape index (κ1) is 46.5. The molecule has 324 valence electrons. The Bertz CT molecular complexity index is 2020. The van der Waals surface area contributed by atoms with Gasteiger partial charge >= 0.3 is 11.8 Å². The Labute approximate surface area is 344 Å². The Morgan fingerprint density at radius 2 is 1.66 bits per heavy atom. The molecule has 0 radical (unpaired) electrons. The standard InChI is InChI=1S/C43H58N2O14/c1-20-13-12-14-21(2)42(53)45-33-28(19-44-57-18-15-22(3)54-10)37(50)30-31(38(33)51)36(49)26(7)40-32(30)41(52)43(9,59-40)56-17-16-29(55-11)23(4)39(58-27(8)46)25(6)35(48)24(5)34(20)47/h12-14,16-17,19-20,22-25,29,34-35,39,47-51H,15,18H2,1-11H3,(H,45,53)/b13-12+,17-16+,21-14+,44-19+/t20-,22?,23+,24+,25+,29-,34-,35+,39+,43-/m0/s1. The highest BCUT2D eigenvalue weighted by Crippen LogP contribution is 2.55. The van der Waals surface area contributed by atoms with E-state index in [1.54, 1.807) is 47.0 Å². The topological polar surface area (TPSA) is 232 Å². The third-order valence-corrected chi connectivity index (χ3v) is 11.3. The summed E-state index contributed by atoms with van der Waals surface area (Å²) in [6, 6.07) is 0. The zero-order chi connectivity index (χ0) is 44.1. The fourth-order valence-electron chi connectivity index (χ4n) is 7.35. The van der Waals surface area contributed by atoms with Gasteiger partial charge in [0.2, 0.25) is 0 Å². The number of phenols is 3. The molecule has 2 aromatic carbocycles. The number of methoxy groups -OCH3 is 2. The minimum Gasteiger partial charge on any atom is -0.507 e. The molecule has 10 atom stereocenters. The lowest BCUT2D eigenvalue weighted by Crippen LogP contribution is -2.46. The predicted molar refractivity (Wildman–Crippen MR) is 218 cm³/mol. The third-order valence-electron chi connectivity index (χ3n) is 11.3. The number of hydrogen-bond donors (Lipinski definition) is 6. The molecule has 3 aliphatic heterocycles. The van der Waals surface area contributed by atoms with Crippen LogP contribution in [0, 0.1) is 30.6 Å². The molecule has 16 nitrogen and oxygen atoms in total. The van der Waals surface area contributed by atoms with Gasteiger partial charge in [-0.05, 0) is 26.8 Å². The van der Waals surface area contributed by atoms with E-state index in [-0.39, 0.29) is 57.2 Å². The molecule has 0 saturated carbocycles. The maximum atomic E-state index is 14.4. The number of nitrogens with one attached hydrogen (secondary N) is 1. The number of aliphatic hydroxyl groups excluding tert-OH is 2. The molecule has 16 heteroatoms. The Morgan fingerprint density at radius 3 is 2.29 bits per heavy atom. The van der Waals surface area contributed by atoms with Crippen LogP contribution in [-0.4, -0.2) is 107 Å². The summed E-state index contributed by atoms with van der Waals surface area (Å²) in [6.07, 6.45) is 4.78. The summed E-state index contributed by atoms with van der Waals surface area (Å²) in [7, 11) is 2.97. The van der Waals surface area contributed by atoms with E-state index in [1.165, 1.54) is 53.2 Å². The van der Waals surface area contributed by atoms with Gasteiger partial charge in [-0.15, -0.1) is 0 Å². The first-order valence-corrected chi connectivity index (χ1v) is 19.5. The van der Waals surface area contributed by atoms with E-state index in [1.807, 2.05) is 6.92 Å². The van der Waals surface area contributed by atoms with Crippen molar-refractivity contribution in [1.82, 2.24) is 0 Å². The van der Waals surface area contributed by atoms with Crippen LogP contribution in [0.15, 0.2) is 41.3 Å². The molecule has 1 amide bonds. The number of rotatable bonds is 8. The summed E-state index contributed by atoms with van der Waals surface area (Å²) in [6.45, 7) is 14.3. The maximum Gasteiger partial charge on any atom is 0.312 e. The van der Waals surface area contributed by atoms with Crippen LogP contribution >= 0.6 is 0 Å². The molecule has 0 saturated heterocycles. The van der Waals surface area contributed by atoms with E-state index in [9.17, 15) is 39.9 Å². The van der Waals surface area contributed by atoms with Crippen LogP contribution in [0.25, 0.3) is 10.8 Å². The SMILES string of the molecule is COC(C)CCO/N=C/c1c2c(O)c3c(O)c(C)c4c(c3c1O)C(=O)[C@@](C)(O/C=C/[C@H](OC)[C@@H](C)[C@@H](OC(C)=O)[C@H](C)[C@H](O)[C@H](C)[C@@H](O)[C@@H](C)/C=C/C=C(\C)C(=O)N2)O4. The Kier molecular flexibility index (Phi) is 15.2. The van der Waals surface area contributed by atoms with Crippen molar-refractivity contribution in [3.63, 3.8) is 0 Å². The highest BCUT2D eigenvalue weighted by atomic mass is 16.7. The van der Waals surface area contributed by atoms with Gasteiger partial charge in [-0.1, -0.05) is 51.1 Å². The van der Waals surface area contributed by atoms with E-state index >= 15 is 0 Å². The van der Waals surface area contributed by atoms with Gasteiger partial charge in [0.1, 0.15) is 30.0 Å². The smallest absolute Gasteiger partial charge is 0.312 e. The van der Waals surface area contributed by atoms with Gasteiger partial charge in [0.15, 0.2) is 5.75 Å². The number of anilines is 1. The lowest BCUT2D eigenvalue weighted by molar-refractivity contribution is -0.160. The monoisotopic (exact) mass is 826 g/mol. The van der Waals surface area contributed by atoms with Crippen LogP contribution in [0.1, 0.15) is 83.3 Å². The molecule has 1 unspecified atom stereocenters. The van der Waals surface area contributed by atoms with Crippen LogP contribution in [0.2, 0.25) is 0 Å². The van der Waals surface area contributed by atoms with Crippen LogP contribution in [0.4, 0.5) is 5.69 Å². The van der Waals surface area contributed by atoms with Crippen LogP contribution in [-0.2, 0) is 33.4 Å². The molecule has 3 aliphatic rings. The van der Waals surface area contributed by atoms with Crippen molar-refractivity contribution >= 4 is 40.3 Å². The number of amides is 1. The van der Waals surface area contributed by atoms with E-state index in [4.69, 9.17) is 28.5 Å². The molecule has 0 aliphatic carbocycles. The minimum absolute atomic E-state index is 0.0265. The quantitative estimate of drug-likeness (QED) is 0.0480. The summed E-state index contributed by atoms with van der Waals surface area (Å²) in [5, 5.41) is 64.0. The molecule has 0 spiro atoms. The lowest BCUT2D eigenvalue weighted by atomic mass is 9.78. The predicted octanol–water partition coefficient (Wildman–Crippen LogP) is 5.53. The molecule has 2 aromatic rings. The van der Waals surface area contributed by atoms with Gasteiger partial charge in [-0.3, -0.25) is 14.4 Å². The number of hydrogen-bond acceptors (Lipinski definition) is 15. The summed E-state index contributed by atoms with van der Waals surface area (Å²) < 4.78 is 28.7. The van der Waals surface area contributed by atoms with Crippen LogP contribution in [0.3, 0.4) is 0 Å². The number of ketones is 1. The number of phenolic OH excluding ortho intramolecular Hbond substituents is 3. The van der Waals surface area contributed by atoms with Crippen molar-refractivity contribution in [2.75, 3.05) is 26.1 Å². The van der Waals surface area contributed by atoms with Gasteiger partial charge in [0.25, 0.3) is 11.7 Å². The Morgan fingerprint density at radius 1 is 0.983 bits per heavy atom. The molecule has 59 heavy (non-hydrogen) atoms. The molecule has 5 bridgehead atoms. The second-order valence-corrected chi connectivity index (χ2v) is 15.5. The molecular weight excluding hydrogens is 768 g/mol. The number of esters is 1. The third kappa shape index (κ3) is 9.67. The second kappa shape index (κ2) is 19.3. The average molecular weight is 827 g/mol. The molecule has 5 rings (SSSR count). The summed E-state index contributed by atoms with van der Waals surface area (Å²) in [4.78, 5) is 45.7. The zero-order valence-electron chi connectivity index (χ0n) is 35.4. The fourth-order valence-corrected chi connectivity index (χ4v) is 7.35. The van der Waals surface area contributed by atoms with Gasteiger partial charge in [-0.2, -0.15) is 0 Å². The Hall–Kier alpha value is -5.16. The largest absolute Gasteiger partial charge is 0.507 e. The number of oxime groups is 1. The van der Waals surface area contributed by atoms with Crippen LogP contribution < -0.4 is 10.1 Å². The fraction of sp³-hybridized carbons (Fsp3) is 0.535. The maximum absolute atomic E-state index is 14.4. The van der Waals surface area contributed by atoms with Crippen molar-refractivity contribution in [3.05, 3.63) is 52.8 Å². The number of carbonyl (C=O) groups excluding carboxylic acids is 3.